The Morgan fingerprint density at radius 1 is 1.67 bits per heavy atom. The molecular weight excluding hydrogens is 216 g/mol. The van der Waals surface area contributed by atoms with Crippen molar-refractivity contribution in [3.63, 3.8) is 0 Å². The molecule has 1 rings (SSSR count). The number of nitrogens with two attached hydrogens (primary N) is 1. The van der Waals surface area contributed by atoms with Crippen molar-refractivity contribution in [3.05, 3.63) is 28.3 Å². The molecule has 0 bridgehead atoms. The number of benzene rings is 1. The van der Waals surface area contributed by atoms with E-state index in [9.17, 15) is 10.1 Å². The van der Waals surface area contributed by atoms with E-state index in [2.05, 4.69) is 0 Å². The van der Waals surface area contributed by atoms with Gasteiger partial charge in [0.25, 0.3) is 0 Å². The lowest BCUT2D eigenvalue weighted by atomic mass is 10.3. The van der Waals surface area contributed by atoms with Gasteiger partial charge in [-0.2, -0.15) is 0 Å². The van der Waals surface area contributed by atoms with Gasteiger partial charge in [0.2, 0.25) is 0 Å². The van der Waals surface area contributed by atoms with E-state index in [1.54, 1.807) is 19.1 Å². The van der Waals surface area contributed by atoms with Crippen molar-refractivity contribution < 1.29 is 10.0 Å². The normalized spacial score (nSPS) is 12.4. The predicted molar refractivity (Wildman–Crippen MR) is 59.9 cm³/mol. The highest BCUT2D eigenvalue weighted by molar-refractivity contribution is 8.00. The average molecular weight is 228 g/mol. The monoisotopic (exact) mass is 228 g/mol. The summed E-state index contributed by atoms with van der Waals surface area (Å²) in [5.41, 5.74) is 5.59. The predicted octanol–water partition coefficient (Wildman–Crippen LogP) is 1.65. The van der Waals surface area contributed by atoms with E-state index >= 15 is 0 Å². The van der Waals surface area contributed by atoms with E-state index in [1.165, 1.54) is 17.8 Å². The van der Waals surface area contributed by atoms with Crippen LogP contribution in [0.1, 0.15) is 6.92 Å². The number of nitro benzene ring substituents is 1. The fraction of sp³-hybridized carbons (Fsp3) is 0.333. The van der Waals surface area contributed by atoms with Crippen LogP contribution in [0.15, 0.2) is 23.1 Å². The summed E-state index contributed by atoms with van der Waals surface area (Å²) in [7, 11) is 0. The van der Waals surface area contributed by atoms with Crippen molar-refractivity contribution in [1.82, 2.24) is 0 Å². The summed E-state index contributed by atoms with van der Waals surface area (Å²) in [6.07, 6.45) is 0. The molecule has 0 aliphatic rings. The number of para-hydroxylation sites is 1. The second kappa shape index (κ2) is 4.99. The Balaban J connectivity index is 3.06. The van der Waals surface area contributed by atoms with Gasteiger partial charge in [0.05, 0.1) is 16.4 Å². The van der Waals surface area contributed by atoms with Crippen LogP contribution in [-0.4, -0.2) is 21.9 Å². The minimum atomic E-state index is -0.498. The maximum Gasteiger partial charge on any atom is 0.305 e. The molecule has 6 heteroatoms. The number of nitrogen functional groups attached to an aromatic ring is 1. The smallest absolute Gasteiger partial charge is 0.305 e. The molecule has 0 amide bonds. The van der Waals surface area contributed by atoms with Crippen molar-refractivity contribution in [2.45, 2.75) is 17.1 Å². The van der Waals surface area contributed by atoms with E-state index in [0.29, 0.717) is 4.90 Å². The Hall–Kier alpha value is -1.27. The Labute approximate surface area is 91.4 Å². The first-order valence-corrected chi connectivity index (χ1v) is 5.24. The van der Waals surface area contributed by atoms with Crippen LogP contribution in [0, 0.1) is 10.1 Å². The maximum atomic E-state index is 10.8. The summed E-state index contributed by atoms with van der Waals surface area (Å²) in [6, 6.07) is 4.78. The number of rotatable bonds is 4. The second-order valence-corrected chi connectivity index (χ2v) is 4.54. The number of aliphatic hydroxyl groups excluding tert-OH is 1. The molecule has 0 aliphatic carbocycles. The molecule has 1 aromatic rings. The number of nitrogens with zero attached hydrogens (tertiary/aromatic N) is 1. The van der Waals surface area contributed by atoms with Gasteiger partial charge < -0.3 is 10.8 Å². The molecule has 1 unspecified atom stereocenters. The molecule has 0 aromatic heterocycles. The van der Waals surface area contributed by atoms with E-state index < -0.39 is 4.92 Å². The lowest BCUT2D eigenvalue weighted by Gasteiger charge is -2.08. The van der Waals surface area contributed by atoms with Gasteiger partial charge in [-0.05, 0) is 12.1 Å². The summed E-state index contributed by atoms with van der Waals surface area (Å²) in [5, 5.41) is 19.5. The van der Waals surface area contributed by atoms with Gasteiger partial charge in [0, 0.05) is 5.25 Å². The van der Waals surface area contributed by atoms with Crippen LogP contribution >= 0.6 is 11.8 Å². The van der Waals surface area contributed by atoms with Crippen LogP contribution < -0.4 is 5.73 Å². The minimum Gasteiger partial charge on any atom is -0.395 e. The number of thioether (sulfide) groups is 1. The molecule has 0 saturated carbocycles. The summed E-state index contributed by atoms with van der Waals surface area (Å²) < 4.78 is 0. The van der Waals surface area contributed by atoms with Crippen LogP contribution in [0.4, 0.5) is 11.4 Å². The fourth-order valence-electron chi connectivity index (χ4n) is 1.08. The number of hydrogen-bond acceptors (Lipinski definition) is 5. The number of hydrogen-bond donors (Lipinski definition) is 2. The van der Waals surface area contributed by atoms with Gasteiger partial charge in [0.1, 0.15) is 5.69 Å². The summed E-state index contributed by atoms with van der Waals surface area (Å²) in [6.45, 7) is 1.76. The summed E-state index contributed by atoms with van der Waals surface area (Å²) >= 11 is 1.24. The third-order valence-corrected chi connectivity index (χ3v) is 2.93. The third-order valence-electron chi connectivity index (χ3n) is 1.80. The Morgan fingerprint density at radius 2 is 2.33 bits per heavy atom. The summed E-state index contributed by atoms with van der Waals surface area (Å²) in [4.78, 5) is 10.8. The first-order valence-electron chi connectivity index (χ1n) is 4.36. The van der Waals surface area contributed by atoms with E-state index in [4.69, 9.17) is 10.8 Å². The molecule has 15 heavy (non-hydrogen) atoms. The van der Waals surface area contributed by atoms with Gasteiger partial charge in [-0.15, -0.1) is 11.8 Å². The molecule has 82 valence electrons. The molecule has 1 aromatic carbocycles. The highest BCUT2D eigenvalue weighted by Gasteiger charge is 2.19. The molecule has 0 radical (unpaired) electrons. The standard InChI is InChI=1S/C9H12N2O3S/c1-6(5-12)15-8-4-2-3-7(10)9(8)11(13)14/h2-4,6,12H,5,10H2,1H3. The van der Waals surface area contributed by atoms with Gasteiger partial charge in [-0.25, -0.2) is 0 Å². The molecule has 5 nitrogen and oxygen atoms in total. The molecule has 0 heterocycles. The summed E-state index contributed by atoms with van der Waals surface area (Å²) in [5.74, 6) is 0. The largest absolute Gasteiger partial charge is 0.395 e. The van der Waals surface area contributed by atoms with Crippen LogP contribution in [0.5, 0.6) is 0 Å². The highest BCUT2D eigenvalue weighted by atomic mass is 32.2. The van der Waals surface area contributed by atoms with Crippen molar-refractivity contribution in [2.24, 2.45) is 0 Å². The lowest BCUT2D eigenvalue weighted by molar-refractivity contribution is -0.386. The molecule has 0 spiro atoms. The molecule has 3 N–H and O–H groups in total. The van der Waals surface area contributed by atoms with Crippen LogP contribution in [0.25, 0.3) is 0 Å². The zero-order valence-corrected chi connectivity index (χ0v) is 9.03. The van der Waals surface area contributed by atoms with E-state index in [1.807, 2.05) is 0 Å². The van der Waals surface area contributed by atoms with Crippen LogP contribution in [0.3, 0.4) is 0 Å². The van der Waals surface area contributed by atoms with Crippen molar-refractivity contribution in [1.29, 1.82) is 0 Å². The highest BCUT2D eigenvalue weighted by Crippen LogP contribution is 2.35. The zero-order chi connectivity index (χ0) is 11.4. The number of aliphatic hydroxyl groups is 1. The van der Waals surface area contributed by atoms with Gasteiger partial charge in [-0.1, -0.05) is 13.0 Å². The van der Waals surface area contributed by atoms with Crippen molar-refractivity contribution in [3.8, 4) is 0 Å². The van der Waals surface area contributed by atoms with Gasteiger partial charge >= 0.3 is 5.69 Å². The topological polar surface area (TPSA) is 89.4 Å². The average Bonchev–Trinajstić information content (AvgIpc) is 2.17. The van der Waals surface area contributed by atoms with Crippen molar-refractivity contribution >= 4 is 23.1 Å². The van der Waals surface area contributed by atoms with Crippen LogP contribution in [0.2, 0.25) is 0 Å². The Morgan fingerprint density at radius 3 is 2.87 bits per heavy atom. The first-order chi connectivity index (χ1) is 7.06. The molecule has 0 fully saturated rings. The van der Waals surface area contributed by atoms with Crippen molar-refractivity contribution in [2.75, 3.05) is 12.3 Å². The number of nitro groups is 1. The fourth-order valence-corrected chi connectivity index (χ4v) is 2.05. The first kappa shape index (κ1) is 11.8. The number of anilines is 1. The molecule has 1 atom stereocenters. The van der Waals surface area contributed by atoms with Crippen LogP contribution in [-0.2, 0) is 0 Å². The third kappa shape index (κ3) is 2.84. The molecular formula is C9H12N2O3S. The van der Waals surface area contributed by atoms with E-state index in [0.717, 1.165) is 0 Å². The molecule has 0 aliphatic heterocycles. The molecule has 0 saturated heterocycles. The van der Waals surface area contributed by atoms with Gasteiger partial charge in [0.15, 0.2) is 0 Å². The second-order valence-electron chi connectivity index (χ2n) is 3.06. The minimum absolute atomic E-state index is 0.0311. The zero-order valence-electron chi connectivity index (χ0n) is 8.21. The lowest BCUT2D eigenvalue weighted by Crippen LogP contribution is -2.04. The quantitative estimate of drug-likeness (QED) is 0.354. The van der Waals surface area contributed by atoms with E-state index in [-0.39, 0.29) is 23.2 Å². The maximum absolute atomic E-state index is 10.8. The Bertz CT molecular complexity index is 370. The Kier molecular flexibility index (Phi) is 3.93. The van der Waals surface area contributed by atoms with Gasteiger partial charge in [-0.3, -0.25) is 10.1 Å². The SMILES string of the molecule is CC(CO)Sc1cccc(N)c1[N+](=O)[O-].